The van der Waals surface area contributed by atoms with Gasteiger partial charge in [0.15, 0.2) is 0 Å². The van der Waals surface area contributed by atoms with Gasteiger partial charge in [-0.05, 0) is 25.5 Å². The molecule has 2 heterocycles. The van der Waals surface area contributed by atoms with Gasteiger partial charge in [0.05, 0.1) is 29.7 Å². The highest BCUT2D eigenvalue weighted by Gasteiger charge is 2.22. The zero-order valence-corrected chi connectivity index (χ0v) is 13.5. The third-order valence-electron chi connectivity index (χ3n) is 3.69. The predicted molar refractivity (Wildman–Crippen MR) is 86.0 cm³/mol. The van der Waals surface area contributed by atoms with E-state index in [4.69, 9.17) is 21.1 Å². The van der Waals surface area contributed by atoms with Crippen molar-refractivity contribution in [2.75, 3.05) is 19.9 Å². The van der Waals surface area contributed by atoms with Crippen LogP contribution in [0.2, 0.25) is 5.15 Å². The number of carbonyl (C=O) groups is 1. The number of amides is 1. The fourth-order valence-electron chi connectivity index (χ4n) is 2.45. The smallest absolute Gasteiger partial charge is 0.256 e. The highest BCUT2D eigenvalue weighted by atomic mass is 35.5. The number of aromatic nitrogens is 2. The molecular formula is C16H18ClN3O3. The van der Waals surface area contributed by atoms with Crippen molar-refractivity contribution in [2.24, 2.45) is 0 Å². The summed E-state index contributed by atoms with van der Waals surface area (Å²) in [6.07, 6.45) is 0.729. The Balaban J connectivity index is 1.74. The van der Waals surface area contributed by atoms with E-state index in [-0.39, 0.29) is 18.8 Å². The van der Waals surface area contributed by atoms with Crippen LogP contribution in [0.3, 0.4) is 0 Å². The Hall–Kier alpha value is -1.89. The minimum Gasteiger partial charge on any atom is -0.355 e. The summed E-state index contributed by atoms with van der Waals surface area (Å²) in [6.45, 7) is 3.11. The number of rotatable bonds is 4. The van der Waals surface area contributed by atoms with Crippen LogP contribution >= 0.6 is 11.6 Å². The van der Waals surface area contributed by atoms with Crippen LogP contribution in [0.15, 0.2) is 30.3 Å². The highest BCUT2D eigenvalue weighted by molar-refractivity contribution is 6.33. The van der Waals surface area contributed by atoms with Crippen LogP contribution < -0.4 is 5.32 Å². The lowest BCUT2D eigenvalue weighted by Gasteiger charge is -2.22. The Morgan fingerprint density at radius 1 is 1.43 bits per heavy atom. The molecule has 7 heteroatoms. The largest absolute Gasteiger partial charge is 0.355 e. The average Bonchev–Trinajstić information content (AvgIpc) is 2.89. The van der Waals surface area contributed by atoms with Crippen LogP contribution in [-0.4, -0.2) is 41.7 Å². The molecule has 0 saturated carbocycles. The molecule has 0 aliphatic carbocycles. The number of ether oxygens (including phenoxy) is 2. The first kappa shape index (κ1) is 16.0. The summed E-state index contributed by atoms with van der Waals surface area (Å²) in [5.41, 5.74) is 1.79. The minimum atomic E-state index is -0.246. The van der Waals surface area contributed by atoms with E-state index >= 15 is 0 Å². The lowest BCUT2D eigenvalue weighted by Crippen LogP contribution is -2.37. The van der Waals surface area contributed by atoms with Crippen LogP contribution in [0.4, 0.5) is 0 Å². The van der Waals surface area contributed by atoms with Crippen LogP contribution in [0.5, 0.6) is 0 Å². The van der Waals surface area contributed by atoms with Gasteiger partial charge in [-0.25, -0.2) is 4.68 Å². The van der Waals surface area contributed by atoms with Crippen molar-refractivity contribution in [3.8, 4) is 5.69 Å². The molecular weight excluding hydrogens is 318 g/mol. The monoisotopic (exact) mass is 335 g/mol. The first-order valence-corrected chi connectivity index (χ1v) is 7.82. The molecule has 1 aliphatic heterocycles. The van der Waals surface area contributed by atoms with Crippen molar-refractivity contribution in [1.82, 2.24) is 15.1 Å². The number of aryl methyl sites for hydroxylation is 1. The molecule has 1 fully saturated rings. The molecule has 1 saturated heterocycles. The number of halogens is 1. The van der Waals surface area contributed by atoms with Gasteiger partial charge in [-0.3, -0.25) is 4.79 Å². The van der Waals surface area contributed by atoms with Crippen LogP contribution in [0, 0.1) is 6.92 Å². The van der Waals surface area contributed by atoms with Gasteiger partial charge in [-0.1, -0.05) is 29.8 Å². The number of hydrogen-bond acceptors (Lipinski definition) is 4. The molecule has 2 aromatic rings. The van der Waals surface area contributed by atoms with E-state index in [9.17, 15) is 4.79 Å². The molecule has 1 aliphatic rings. The quantitative estimate of drug-likeness (QED) is 0.931. The Morgan fingerprint density at radius 3 is 2.91 bits per heavy atom. The molecule has 1 aromatic carbocycles. The lowest BCUT2D eigenvalue weighted by atomic mass is 10.2. The van der Waals surface area contributed by atoms with Gasteiger partial charge in [0.2, 0.25) is 0 Å². The van der Waals surface area contributed by atoms with E-state index in [0.29, 0.717) is 29.6 Å². The molecule has 0 spiro atoms. The van der Waals surface area contributed by atoms with Crippen molar-refractivity contribution >= 4 is 17.5 Å². The molecule has 1 aromatic heterocycles. The second-order valence-corrected chi connectivity index (χ2v) is 5.67. The summed E-state index contributed by atoms with van der Waals surface area (Å²) < 4.78 is 12.1. The fraction of sp³-hybridized carbons (Fsp3) is 0.375. The second kappa shape index (κ2) is 7.12. The van der Waals surface area contributed by atoms with Crippen molar-refractivity contribution in [3.05, 3.63) is 46.7 Å². The number of para-hydroxylation sites is 1. The van der Waals surface area contributed by atoms with Crippen molar-refractivity contribution < 1.29 is 14.3 Å². The Morgan fingerprint density at radius 2 is 2.22 bits per heavy atom. The summed E-state index contributed by atoms with van der Waals surface area (Å²) >= 11 is 6.37. The van der Waals surface area contributed by atoms with E-state index in [0.717, 1.165) is 12.1 Å². The number of carbonyl (C=O) groups excluding carboxylic acids is 1. The molecule has 0 bridgehead atoms. The zero-order valence-electron chi connectivity index (χ0n) is 12.8. The van der Waals surface area contributed by atoms with Gasteiger partial charge in [0.1, 0.15) is 11.9 Å². The van der Waals surface area contributed by atoms with Gasteiger partial charge in [0.25, 0.3) is 5.91 Å². The average molecular weight is 336 g/mol. The third-order valence-corrected chi connectivity index (χ3v) is 4.04. The van der Waals surface area contributed by atoms with Crippen molar-refractivity contribution in [3.63, 3.8) is 0 Å². The van der Waals surface area contributed by atoms with Crippen molar-refractivity contribution in [2.45, 2.75) is 19.4 Å². The third kappa shape index (κ3) is 3.55. The van der Waals surface area contributed by atoms with E-state index in [2.05, 4.69) is 10.4 Å². The maximum Gasteiger partial charge on any atom is 0.256 e. The molecule has 1 amide bonds. The summed E-state index contributed by atoms with van der Waals surface area (Å²) in [7, 11) is 0. The Kier molecular flexibility index (Phi) is 4.95. The number of benzene rings is 1. The zero-order chi connectivity index (χ0) is 16.2. The molecule has 3 rings (SSSR count). The fourth-order valence-corrected chi connectivity index (χ4v) is 2.81. The normalized spacial score (nSPS) is 17.9. The number of nitrogens with one attached hydrogen (secondary N) is 1. The Labute approximate surface area is 139 Å². The number of hydrogen-bond donors (Lipinski definition) is 1. The molecule has 6 nitrogen and oxygen atoms in total. The SMILES string of the molecule is Cc1nn(-c2ccccc2)c(Cl)c1C(=O)NC[C@H]1CCOCO1. The van der Waals surface area contributed by atoms with Crippen LogP contribution in [-0.2, 0) is 9.47 Å². The van der Waals surface area contributed by atoms with Gasteiger partial charge >= 0.3 is 0 Å². The van der Waals surface area contributed by atoms with E-state index in [1.807, 2.05) is 30.3 Å². The Bertz CT molecular complexity index is 681. The van der Waals surface area contributed by atoms with Crippen molar-refractivity contribution in [1.29, 1.82) is 0 Å². The molecule has 122 valence electrons. The van der Waals surface area contributed by atoms with Crippen LogP contribution in [0.1, 0.15) is 22.5 Å². The predicted octanol–water partition coefficient (Wildman–Crippen LogP) is 2.33. The maximum absolute atomic E-state index is 12.4. The molecule has 23 heavy (non-hydrogen) atoms. The van der Waals surface area contributed by atoms with E-state index in [1.165, 1.54) is 0 Å². The first-order chi connectivity index (χ1) is 11.2. The molecule has 0 radical (unpaired) electrons. The summed E-state index contributed by atoms with van der Waals surface area (Å²) in [6, 6.07) is 9.47. The molecule has 1 N–H and O–H groups in total. The summed E-state index contributed by atoms with van der Waals surface area (Å²) in [4.78, 5) is 12.4. The van der Waals surface area contributed by atoms with Gasteiger partial charge in [-0.15, -0.1) is 0 Å². The second-order valence-electron chi connectivity index (χ2n) is 5.31. The summed E-state index contributed by atoms with van der Waals surface area (Å²) in [5.74, 6) is -0.246. The minimum absolute atomic E-state index is 0.0315. The van der Waals surface area contributed by atoms with E-state index in [1.54, 1.807) is 11.6 Å². The maximum atomic E-state index is 12.4. The molecule has 0 unspecified atom stereocenters. The lowest BCUT2D eigenvalue weighted by molar-refractivity contribution is -0.136. The number of nitrogens with zero attached hydrogens (tertiary/aromatic N) is 2. The van der Waals surface area contributed by atoms with Gasteiger partial charge in [-0.2, -0.15) is 5.10 Å². The van der Waals surface area contributed by atoms with Crippen LogP contribution in [0.25, 0.3) is 5.69 Å². The molecule has 1 atom stereocenters. The summed E-state index contributed by atoms with van der Waals surface area (Å²) in [5, 5.41) is 7.53. The van der Waals surface area contributed by atoms with E-state index < -0.39 is 0 Å². The van der Waals surface area contributed by atoms with Gasteiger partial charge in [0, 0.05) is 6.54 Å². The van der Waals surface area contributed by atoms with Gasteiger partial charge < -0.3 is 14.8 Å². The highest BCUT2D eigenvalue weighted by Crippen LogP contribution is 2.23. The topological polar surface area (TPSA) is 65.4 Å². The first-order valence-electron chi connectivity index (χ1n) is 7.45. The standard InChI is InChI=1S/C16H18ClN3O3/c1-11-14(16(21)18-9-13-7-8-22-10-23-13)15(17)20(19-11)12-5-3-2-4-6-12/h2-6,13H,7-10H2,1H3,(H,18,21)/t13-/m1/s1.